The largest absolute Gasteiger partial charge is 0.481 e. The maximum Gasteiger partial charge on any atom is 0.343 e. The van der Waals surface area contributed by atoms with Crippen molar-refractivity contribution in [3.8, 4) is 5.75 Å². The number of hydrogen-bond acceptors (Lipinski definition) is 7. The molecule has 0 radical (unpaired) electrons. The van der Waals surface area contributed by atoms with Crippen LogP contribution in [0.4, 0.5) is 0 Å². The molecule has 0 aliphatic rings. The fourth-order valence-electron chi connectivity index (χ4n) is 3.24. The number of nitrogen functional groups attached to an aromatic ring is 1. The van der Waals surface area contributed by atoms with Crippen molar-refractivity contribution >= 4 is 41.7 Å². The van der Waals surface area contributed by atoms with Crippen molar-refractivity contribution in [3.63, 3.8) is 0 Å². The van der Waals surface area contributed by atoms with Crippen LogP contribution in [0.25, 0.3) is 6.08 Å². The number of carboxylic acid groups (broad SMARTS) is 3. The molecule has 0 spiro atoms. The molecule has 2 aromatic carbocycles. The summed E-state index contributed by atoms with van der Waals surface area (Å²) in [5.41, 5.74) is 6.52. The number of ether oxygens (including phenoxy) is 1. The second kappa shape index (κ2) is 12.6. The van der Waals surface area contributed by atoms with E-state index in [9.17, 15) is 34.2 Å². The van der Waals surface area contributed by atoms with Gasteiger partial charge in [0.25, 0.3) is 5.91 Å². The third-order valence-corrected chi connectivity index (χ3v) is 5.07. The summed E-state index contributed by atoms with van der Waals surface area (Å²) < 4.78 is 5.27. The fourth-order valence-corrected chi connectivity index (χ4v) is 3.24. The van der Waals surface area contributed by atoms with E-state index in [1.54, 1.807) is 0 Å². The van der Waals surface area contributed by atoms with E-state index in [0.717, 1.165) is 0 Å². The number of nitrogens with one attached hydrogen (secondary N) is 1. The zero-order valence-corrected chi connectivity index (χ0v) is 19.7. The van der Waals surface area contributed by atoms with Crippen LogP contribution >= 0.6 is 0 Å². The van der Waals surface area contributed by atoms with Gasteiger partial charge in [0, 0.05) is 24.1 Å². The highest BCUT2D eigenvalue weighted by Gasteiger charge is 2.36. The van der Waals surface area contributed by atoms with Gasteiger partial charge in [-0.3, -0.25) is 15.0 Å². The first-order chi connectivity index (χ1) is 17.4. The third-order valence-electron chi connectivity index (χ3n) is 5.07. The molecule has 12 nitrogen and oxygen atoms in total. The number of aliphatic carboxylic acids is 3. The van der Waals surface area contributed by atoms with E-state index in [1.165, 1.54) is 61.5 Å². The van der Waals surface area contributed by atoms with E-state index in [4.69, 9.17) is 21.0 Å². The number of nitrogens with two attached hydrogens (primary N) is 1. The summed E-state index contributed by atoms with van der Waals surface area (Å²) in [7, 11) is 0. The number of benzene rings is 2. The molecule has 2 aromatic rings. The van der Waals surface area contributed by atoms with E-state index in [-0.39, 0.29) is 35.6 Å². The maximum atomic E-state index is 12.9. The van der Waals surface area contributed by atoms with Gasteiger partial charge in [0.1, 0.15) is 11.6 Å². The quantitative estimate of drug-likeness (QED) is 0.0697. The Bertz CT molecular complexity index is 1220. The maximum absolute atomic E-state index is 12.9. The smallest absolute Gasteiger partial charge is 0.343 e. The highest BCUT2D eigenvalue weighted by molar-refractivity contribution is 6.05. The van der Waals surface area contributed by atoms with Crippen LogP contribution in [-0.4, -0.2) is 68.4 Å². The molecule has 6 N–H and O–H groups in total. The predicted octanol–water partition coefficient (Wildman–Crippen LogP) is 1.82. The van der Waals surface area contributed by atoms with E-state index in [2.05, 4.69) is 0 Å². The zero-order chi connectivity index (χ0) is 27.7. The molecule has 0 aliphatic heterocycles. The predicted molar refractivity (Wildman–Crippen MR) is 130 cm³/mol. The van der Waals surface area contributed by atoms with Gasteiger partial charge in [-0.1, -0.05) is 12.1 Å². The number of hydrogen-bond donors (Lipinski definition) is 5. The van der Waals surface area contributed by atoms with Gasteiger partial charge in [0.15, 0.2) is 0 Å². The number of carbonyl (C=O) groups is 5. The summed E-state index contributed by atoms with van der Waals surface area (Å²) in [6.07, 6.45) is 0.861. The van der Waals surface area contributed by atoms with Gasteiger partial charge in [-0.2, -0.15) is 0 Å². The molecule has 12 heteroatoms. The number of amides is 1. The van der Waals surface area contributed by atoms with Gasteiger partial charge in [-0.05, 0) is 61.4 Å². The molecule has 0 heterocycles. The molecule has 1 amide bonds. The molecule has 0 bridgehead atoms. The summed E-state index contributed by atoms with van der Waals surface area (Å²) in [5.74, 6) is -6.12. The molecule has 0 saturated heterocycles. The minimum absolute atomic E-state index is 0.00344. The molecule has 37 heavy (non-hydrogen) atoms. The topological polar surface area (TPSA) is 208 Å². The van der Waals surface area contributed by atoms with E-state index in [1.807, 2.05) is 0 Å². The number of nitrogens with zero attached hydrogens (tertiary/aromatic N) is 1. The van der Waals surface area contributed by atoms with Crippen molar-refractivity contribution in [1.29, 1.82) is 5.41 Å². The lowest BCUT2D eigenvalue weighted by Crippen LogP contribution is -2.50. The SMILES string of the molecule is CC(=Cc1ccc(C(=O)Oc2ccc(C(=N)N)cc2)cc1)C(=O)N(CCCC(=O)O)C(C(=O)O)C(=O)O. The Balaban J connectivity index is 2.17. The fraction of sp³-hybridized carbons (Fsp3) is 0.200. The Morgan fingerprint density at radius 1 is 0.946 bits per heavy atom. The van der Waals surface area contributed by atoms with E-state index in [0.29, 0.717) is 16.0 Å². The first-order valence-electron chi connectivity index (χ1n) is 10.8. The lowest BCUT2D eigenvalue weighted by Gasteiger charge is -2.26. The Labute approximate surface area is 211 Å². The Kier molecular flexibility index (Phi) is 9.64. The van der Waals surface area contributed by atoms with Crippen LogP contribution in [0, 0.1) is 5.41 Å². The number of carbonyl (C=O) groups excluding carboxylic acids is 2. The molecule has 0 aliphatic carbocycles. The van der Waals surface area contributed by atoms with Crippen LogP contribution in [-0.2, 0) is 19.2 Å². The van der Waals surface area contributed by atoms with Crippen LogP contribution in [0.1, 0.15) is 41.3 Å². The number of amidine groups is 1. The van der Waals surface area contributed by atoms with Crippen LogP contribution in [0.15, 0.2) is 54.1 Å². The van der Waals surface area contributed by atoms with Gasteiger partial charge in [-0.15, -0.1) is 0 Å². The highest BCUT2D eigenvalue weighted by Crippen LogP contribution is 2.17. The first kappa shape index (κ1) is 28.2. The van der Waals surface area contributed by atoms with Crippen LogP contribution in [0.3, 0.4) is 0 Å². The summed E-state index contributed by atoms with van der Waals surface area (Å²) in [5, 5.41) is 34.8. The summed E-state index contributed by atoms with van der Waals surface area (Å²) in [6, 6.07) is 9.75. The average Bonchev–Trinajstić information content (AvgIpc) is 2.83. The molecule has 0 atom stereocenters. The van der Waals surface area contributed by atoms with Gasteiger partial charge < -0.3 is 30.7 Å². The van der Waals surface area contributed by atoms with Crippen LogP contribution < -0.4 is 10.5 Å². The summed E-state index contributed by atoms with van der Waals surface area (Å²) in [4.78, 5) is 59.6. The Hall–Kier alpha value is -5.00. The molecular weight excluding hydrogens is 486 g/mol. The zero-order valence-electron chi connectivity index (χ0n) is 19.7. The van der Waals surface area contributed by atoms with Crippen molar-refractivity contribution in [2.75, 3.05) is 6.54 Å². The summed E-state index contributed by atoms with van der Waals surface area (Å²) >= 11 is 0. The number of carboxylic acids is 3. The van der Waals surface area contributed by atoms with Crippen LogP contribution in [0.2, 0.25) is 0 Å². The normalized spacial score (nSPS) is 11.0. The standard InChI is InChI=1S/C25H25N3O9/c1-14(22(31)28(12-2-3-19(29)30)20(23(32)33)24(34)35)13-15-4-6-17(7-5-15)25(36)37-18-10-8-16(9-11-18)21(26)27/h4-11,13,20H,2-3,12H2,1H3,(H3,26,27)(H,29,30)(H,32,33)(H,34,35). The molecule has 0 saturated carbocycles. The first-order valence-corrected chi connectivity index (χ1v) is 10.8. The molecule has 0 aromatic heterocycles. The third kappa shape index (κ3) is 8.02. The van der Waals surface area contributed by atoms with Crippen molar-refractivity contribution < 1.29 is 44.0 Å². The molecule has 0 unspecified atom stereocenters. The molecule has 194 valence electrons. The summed E-state index contributed by atoms with van der Waals surface area (Å²) in [6.45, 7) is 0.970. The minimum atomic E-state index is -2.19. The van der Waals surface area contributed by atoms with Crippen molar-refractivity contribution in [2.45, 2.75) is 25.8 Å². The van der Waals surface area contributed by atoms with Gasteiger partial charge in [0.05, 0.1) is 5.56 Å². The van der Waals surface area contributed by atoms with Gasteiger partial charge >= 0.3 is 23.9 Å². The Morgan fingerprint density at radius 3 is 1.97 bits per heavy atom. The number of rotatable bonds is 12. The van der Waals surface area contributed by atoms with Crippen molar-refractivity contribution in [2.24, 2.45) is 5.73 Å². The second-order valence-electron chi connectivity index (χ2n) is 7.85. The number of esters is 1. The van der Waals surface area contributed by atoms with Gasteiger partial charge in [0.2, 0.25) is 6.04 Å². The van der Waals surface area contributed by atoms with Crippen molar-refractivity contribution in [3.05, 3.63) is 70.8 Å². The molecular formula is C25H25N3O9. The minimum Gasteiger partial charge on any atom is -0.481 e. The van der Waals surface area contributed by atoms with E-state index < -0.39 is 42.4 Å². The lowest BCUT2D eigenvalue weighted by atomic mass is 10.1. The molecule has 2 rings (SSSR count). The monoisotopic (exact) mass is 511 g/mol. The van der Waals surface area contributed by atoms with Crippen LogP contribution in [0.5, 0.6) is 5.75 Å². The molecule has 0 fully saturated rings. The van der Waals surface area contributed by atoms with Crippen molar-refractivity contribution in [1.82, 2.24) is 4.90 Å². The Morgan fingerprint density at radius 2 is 1.49 bits per heavy atom. The van der Waals surface area contributed by atoms with E-state index >= 15 is 0 Å². The average molecular weight is 511 g/mol. The van der Waals surface area contributed by atoms with Gasteiger partial charge in [-0.25, -0.2) is 14.4 Å². The highest BCUT2D eigenvalue weighted by atomic mass is 16.5. The lowest BCUT2D eigenvalue weighted by molar-refractivity contribution is -0.160. The second-order valence-corrected chi connectivity index (χ2v) is 7.85.